The zero-order valence-corrected chi connectivity index (χ0v) is 13.8. The van der Waals surface area contributed by atoms with Crippen molar-refractivity contribution in [2.24, 2.45) is 0 Å². The summed E-state index contributed by atoms with van der Waals surface area (Å²) in [6.07, 6.45) is 0. The van der Waals surface area contributed by atoms with Crippen LogP contribution in [-0.2, 0) is 14.7 Å². The Labute approximate surface area is 138 Å². The molecule has 1 saturated carbocycles. The molecule has 0 heterocycles. The maximum absolute atomic E-state index is 12.7. The largest absolute Gasteiger partial charge is 0.223 e. The molecule has 0 aliphatic heterocycles. The zero-order valence-electron chi connectivity index (χ0n) is 10.7. The molecule has 2 aromatic rings. The molecule has 0 N–H and O–H groups in total. The van der Waals surface area contributed by atoms with Crippen LogP contribution in [0.4, 0.5) is 0 Å². The lowest BCUT2D eigenvalue weighted by Gasteiger charge is -2.10. The number of benzene rings is 2. The van der Waals surface area contributed by atoms with E-state index in [1.54, 1.807) is 54.6 Å². The first-order chi connectivity index (χ1) is 9.88. The van der Waals surface area contributed by atoms with Gasteiger partial charge in [-0.05, 0) is 29.8 Å². The van der Waals surface area contributed by atoms with Gasteiger partial charge in [0, 0.05) is 5.02 Å². The van der Waals surface area contributed by atoms with Gasteiger partial charge in [0.15, 0.2) is 9.84 Å². The third-order valence-electron chi connectivity index (χ3n) is 3.66. The van der Waals surface area contributed by atoms with Crippen molar-refractivity contribution in [2.45, 2.75) is 20.4 Å². The van der Waals surface area contributed by atoms with E-state index in [1.165, 1.54) is 0 Å². The molecular weight excluding hydrogens is 351 g/mol. The first-order valence-corrected chi connectivity index (χ1v) is 9.00. The van der Waals surface area contributed by atoms with Gasteiger partial charge in [0.05, 0.1) is 10.3 Å². The van der Waals surface area contributed by atoms with Gasteiger partial charge in [-0.2, -0.15) is 0 Å². The summed E-state index contributed by atoms with van der Waals surface area (Å²) in [6, 6.07) is 15.0. The van der Waals surface area contributed by atoms with E-state index in [0.29, 0.717) is 10.6 Å². The predicted octanol–water partition coefficient (Wildman–Crippen LogP) is 4.24. The number of sulfone groups is 1. The van der Waals surface area contributed by atoms with Crippen LogP contribution in [0.3, 0.4) is 0 Å². The highest BCUT2D eigenvalue weighted by molar-refractivity contribution is 7.92. The highest BCUT2D eigenvalue weighted by Crippen LogP contribution is 2.60. The normalized spacial score (nSPS) is 28.3. The summed E-state index contributed by atoms with van der Waals surface area (Å²) in [5.41, 5.74) is 0.665. The third kappa shape index (κ3) is 2.36. The smallest absolute Gasteiger partial charge is 0.184 e. The monoisotopic (exact) mass is 360 g/mol. The molecule has 21 heavy (non-hydrogen) atoms. The second kappa shape index (κ2) is 5.17. The first kappa shape index (κ1) is 15.2. The van der Waals surface area contributed by atoms with Crippen LogP contribution < -0.4 is 0 Å². The number of alkyl halides is 2. The molecule has 0 spiro atoms. The maximum Gasteiger partial charge on any atom is 0.184 e. The van der Waals surface area contributed by atoms with Gasteiger partial charge in [-0.25, -0.2) is 8.42 Å². The Bertz CT molecular complexity index is 759. The van der Waals surface area contributed by atoms with Crippen LogP contribution in [-0.4, -0.2) is 19.0 Å². The maximum atomic E-state index is 12.7. The van der Waals surface area contributed by atoms with Gasteiger partial charge in [-0.15, -0.1) is 23.2 Å². The molecule has 2 nitrogen and oxygen atoms in total. The molecule has 0 saturated heterocycles. The van der Waals surface area contributed by atoms with E-state index in [-0.39, 0.29) is 4.90 Å². The van der Waals surface area contributed by atoms with Gasteiger partial charge < -0.3 is 0 Å². The fraction of sp³-hybridized carbons (Fsp3) is 0.200. The lowest BCUT2D eigenvalue weighted by atomic mass is 10.1. The van der Waals surface area contributed by atoms with Crippen LogP contribution in [0.2, 0.25) is 5.02 Å². The van der Waals surface area contributed by atoms with Gasteiger partial charge >= 0.3 is 0 Å². The number of hydrogen-bond donors (Lipinski definition) is 0. The van der Waals surface area contributed by atoms with Crippen molar-refractivity contribution in [3.05, 3.63) is 65.2 Å². The standard InChI is InChI=1S/C15H11Cl3O2S/c16-11-8-6-10(7-9-11)15(18)13(17)14(15)21(19,20)12-4-2-1-3-5-12/h1-9,13-14H. The molecule has 3 unspecified atom stereocenters. The molecule has 1 fully saturated rings. The highest BCUT2D eigenvalue weighted by Gasteiger charge is 2.70. The van der Waals surface area contributed by atoms with Crippen molar-refractivity contribution in [3.8, 4) is 0 Å². The van der Waals surface area contributed by atoms with Crippen LogP contribution >= 0.6 is 34.8 Å². The molecule has 2 aromatic carbocycles. The summed E-state index contributed by atoms with van der Waals surface area (Å²) in [6.45, 7) is 0. The topological polar surface area (TPSA) is 34.1 Å². The summed E-state index contributed by atoms with van der Waals surface area (Å²) in [5, 5.41) is -0.962. The van der Waals surface area contributed by atoms with Crippen LogP contribution in [0, 0.1) is 0 Å². The zero-order chi connectivity index (χ0) is 15.3. The minimum atomic E-state index is -3.58. The van der Waals surface area contributed by atoms with Crippen LogP contribution in [0.5, 0.6) is 0 Å². The Balaban J connectivity index is 2.00. The van der Waals surface area contributed by atoms with E-state index in [2.05, 4.69) is 0 Å². The Morgan fingerprint density at radius 1 is 0.952 bits per heavy atom. The second-order valence-corrected chi connectivity index (χ2v) is 8.56. The average Bonchev–Trinajstić information content (AvgIpc) is 3.04. The minimum Gasteiger partial charge on any atom is -0.223 e. The minimum absolute atomic E-state index is 0.233. The van der Waals surface area contributed by atoms with Gasteiger partial charge in [-0.3, -0.25) is 0 Å². The Kier molecular flexibility index (Phi) is 3.73. The number of halogens is 3. The first-order valence-electron chi connectivity index (χ1n) is 6.26. The quantitative estimate of drug-likeness (QED) is 0.766. The van der Waals surface area contributed by atoms with Crippen molar-refractivity contribution in [2.75, 3.05) is 0 Å². The highest BCUT2D eigenvalue weighted by atomic mass is 35.5. The van der Waals surface area contributed by atoms with Crippen molar-refractivity contribution in [1.82, 2.24) is 0 Å². The van der Waals surface area contributed by atoms with Gasteiger partial charge in [0.2, 0.25) is 0 Å². The Hall–Kier alpha value is -0.740. The lowest BCUT2D eigenvalue weighted by Crippen LogP contribution is -2.15. The Morgan fingerprint density at radius 2 is 1.52 bits per heavy atom. The second-order valence-electron chi connectivity index (χ2n) is 4.96. The van der Waals surface area contributed by atoms with E-state index in [9.17, 15) is 8.42 Å². The molecule has 0 aromatic heterocycles. The van der Waals surface area contributed by atoms with Crippen LogP contribution in [0.25, 0.3) is 0 Å². The Morgan fingerprint density at radius 3 is 2.10 bits per heavy atom. The van der Waals surface area contributed by atoms with E-state index >= 15 is 0 Å². The van der Waals surface area contributed by atoms with Crippen LogP contribution in [0.15, 0.2) is 59.5 Å². The van der Waals surface area contributed by atoms with E-state index in [4.69, 9.17) is 34.8 Å². The number of hydrogen-bond acceptors (Lipinski definition) is 2. The lowest BCUT2D eigenvalue weighted by molar-refractivity contribution is 0.593. The van der Waals surface area contributed by atoms with E-state index in [0.717, 1.165) is 0 Å². The van der Waals surface area contributed by atoms with Gasteiger partial charge in [-0.1, -0.05) is 41.9 Å². The fourth-order valence-corrected chi connectivity index (χ4v) is 6.27. The van der Waals surface area contributed by atoms with Crippen molar-refractivity contribution in [1.29, 1.82) is 0 Å². The molecule has 0 radical (unpaired) electrons. The van der Waals surface area contributed by atoms with Crippen molar-refractivity contribution in [3.63, 3.8) is 0 Å². The molecule has 110 valence electrons. The molecule has 0 amide bonds. The fourth-order valence-electron chi connectivity index (χ4n) is 2.46. The van der Waals surface area contributed by atoms with E-state index < -0.39 is 25.3 Å². The molecule has 3 atom stereocenters. The van der Waals surface area contributed by atoms with Crippen LogP contribution in [0.1, 0.15) is 5.56 Å². The molecule has 1 aliphatic rings. The average molecular weight is 362 g/mol. The predicted molar refractivity (Wildman–Crippen MR) is 86.0 cm³/mol. The molecule has 6 heteroatoms. The molecule has 1 aliphatic carbocycles. The van der Waals surface area contributed by atoms with Crippen molar-refractivity contribution < 1.29 is 8.42 Å². The van der Waals surface area contributed by atoms with Gasteiger partial charge in [0.1, 0.15) is 10.1 Å². The molecule has 0 bridgehead atoms. The summed E-state index contributed by atoms with van der Waals surface area (Å²) < 4.78 is 25.3. The summed E-state index contributed by atoms with van der Waals surface area (Å²) in [5.74, 6) is 0. The van der Waals surface area contributed by atoms with Gasteiger partial charge in [0.25, 0.3) is 0 Å². The van der Waals surface area contributed by atoms with Crippen molar-refractivity contribution >= 4 is 44.6 Å². The SMILES string of the molecule is O=S(=O)(c1ccccc1)C1C(Cl)C1(Cl)c1ccc(Cl)cc1. The molecule has 3 rings (SSSR count). The molecular formula is C15H11Cl3O2S. The summed E-state index contributed by atoms with van der Waals surface area (Å²) in [7, 11) is -3.58. The summed E-state index contributed by atoms with van der Waals surface area (Å²) >= 11 is 18.6. The summed E-state index contributed by atoms with van der Waals surface area (Å²) in [4.78, 5) is -0.877. The third-order valence-corrected chi connectivity index (χ3v) is 7.83. The van der Waals surface area contributed by atoms with E-state index in [1.807, 2.05) is 0 Å². The number of rotatable bonds is 3.